The summed E-state index contributed by atoms with van der Waals surface area (Å²) in [7, 11) is 1.68. The zero-order valence-electron chi connectivity index (χ0n) is 22.1. The van der Waals surface area contributed by atoms with Gasteiger partial charge in [-0.25, -0.2) is 9.67 Å². The van der Waals surface area contributed by atoms with Crippen LogP contribution in [0.5, 0.6) is 5.75 Å². The van der Waals surface area contributed by atoms with Crippen LogP contribution in [-0.4, -0.2) is 68.4 Å². The van der Waals surface area contributed by atoms with Gasteiger partial charge in [0.05, 0.1) is 35.4 Å². The fraction of sp³-hybridized carbons (Fsp3) is 0.233. The lowest BCUT2D eigenvalue weighted by Crippen LogP contribution is -2.48. The molecular weight excluding hydrogens is 520 g/mol. The van der Waals surface area contributed by atoms with E-state index in [0.29, 0.717) is 6.54 Å². The van der Waals surface area contributed by atoms with Gasteiger partial charge in [-0.05, 0) is 64.0 Å². The molecule has 200 valence electrons. The molecule has 40 heavy (non-hydrogen) atoms. The molecule has 3 aromatic heterocycles. The Morgan fingerprint density at radius 2 is 1.75 bits per heavy atom. The first kappa shape index (κ1) is 24.6. The molecule has 1 aliphatic rings. The smallest absolute Gasteiger partial charge is 0.186 e. The highest BCUT2D eigenvalue weighted by Gasteiger charge is 2.31. The van der Waals surface area contributed by atoms with Gasteiger partial charge in [0.1, 0.15) is 5.75 Å². The molecular formula is C30H28N8OS. The topological polar surface area (TPSA) is 85.1 Å². The van der Waals surface area contributed by atoms with E-state index in [4.69, 9.17) is 9.72 Å². The Labute approximate surface area is 235 Å². The van der Waals surface area contributed by atoms with Crippen molar-refractivity contribution in [3.63, 3.8) is 0 Å². The highest BCUT2D eigenvalue weighted by atomic mass is 32.1. The lowest BCUT2D eigenvalue weighted by Gasteiger charge is -2.38. The molecule has 1 atom stereocenters. The second kappa shape index (κ2) is 10.6. The Morgan fingerprint density at radius 1 is 0.900 bits per heavy atom. The molecule has 0 N–H and O–H groups in total. The second-order valence-corrected chi connectivity index (χ2v) is 10.9. The maximum atomic E-state index is 5.33. The number of nitrogens with zero attached hydrogens (tertiary/aromatic N) is 8. The number of tetrazole rings is 1. The third-order valence-corrected chi connectivity index (χ3v) is 8.57. The van der Waals surface area contributed by atoms with Gasteiger partial charge in [0, 0.05) is 37.8 Å². The molecule has 3 aromatic carbocycles. The lowest BCUT2D eigenvalue weighted by atomic mass is 10.0. The van der Waals surface area contributed by atoms with Crippen molar-refractivity contribution in [1.29, 1.82) is 0 Å². The normalized spacial score (nSPS) is 15.1. The van der Waals surface area contributed by atoms with Gasteiger partial charge in [0.25, 0.3) is 0 Å². The van der Waals surface area contributed by atoms with Gasteiger partial charge in [-0.3, -0.25) is 9.88 Å². The Bertz CT molecular complexity index is 1720. The van der Waals surface area contributed by atoms with Gasteiger partial charge in [0.15, 0.2) is 11.0 Å². The fourth-order valence-corrected chi connectivity index (χ4v) is 6.40. The first-order chi connectivity index (χ1) is 19.7. The molecule has 0 radical (unpaired) electrons. The number of pyridine rings is 1. The molecule has 10 heteroatoms. The molecule has 0 amide bonds. The monoisotopic (exact) mass is 548 g/mol. The Morgan fingerprint density at radius 3 is 2.58 bits per heavy atom. The largest absolute Gasteiger partial charge is 0.497 e. The summed E-state index contributed by atoms with van der Waals surface area (Å²) in [6, 6.07) is 26.8. The van der Waals surface area contributed by atoms with Crippen molar-refractivity contribution in [1.82, 2.24) is 35.1 Å². The van der Waals surface area contributed by atoms with Crippen LogP contribution in [0.25, 0.3) is 21.1 Å². The van der Waals surface area contributed by atoms with Crippen LogP contribution in [0.2, 0.25) is 0 Å². The van der Waals surface area contributed by atoms with E-state index in [1.54, 1.807) is 18.4 Å². The van der Waals surface area contributed by atoms with E-state index in [1.165, 1.54) is 4.70 Å². The third-order valence-electron chi connectivity index (χ3n) is 7.47. The fourth-order valence-electron chi connectivity index (χ4n) is 5.38. The quantitative estimate of drug-likeness (QED) is 0.281. The van der Waals surface area contributed by atoms with Crippen LogP contribution >= 0.6 is 11.3 Å². The van der Waals surface area contributed by atoms with E-state index in [2.05, 4.69) is 84.9 Å². The number of piperazine rings is 1. The number of rotatable bonds is 7. The summed E-state index contributed by atoms with van der Waals surface area (Å²) in [5.41, 5.74) is 4.30. The molecule has 4 heterocycles. The Balaban J connectivity index is 1.20. The zero-order chi connectivity index (χ0) is 26.9. The average molecular weight is 549 g/mol. The zero-order valence-corrected chi connectivity index (χ0v) is 22.9. The van der Waals surface area contributed by atoms with E-state index in [-0.39, 0.29) is 6.04 Å². The summed E-state index contributed by atoms with van der Waals surface area (Å²) in [6.45, 7) is 4.06. The van der Waals surface area contributed by atoms with Crippen LogP contribution in [0.3, 0.4) is 0 Å². The summed E-state index contributed by atoms with van der Waals surface area (Å²) in [5.74, 6) is 1.65. The van der Waals surface area contributed by atoms with Crippen LogP contribution in [0.1, 0.15) is 23.0 Å². The Kier molecular flexibility index (Phi) is 6.54. The number of anilines is 1. The van der Waals surface area contributed by atoms with Crippen LogP contribution < -0.4 is 9.64 Å². The number of methoxy groups -OCH3 is 1. The van der Waals surface area contributed by atoms with E-state index >= 15 is 0 Å². The standard InChI is InChI=1S/C30H28N8OS/c1-39-24-11-8-21(9-12-24)20-38-29(33-34-35-38)28(23-10-13-25-22(19-23)5-4-14-31-25)36-15-17-37(18-16-36)30-32-26-6-2-3-7-27(26)40-30/h2-14,19,28H,15-18,20H2,1H3/t28-/m1/s1. The molecule has 1 aliphatic heterocycles. The number of benzene rings is 3. The lowest BCUT2D eigenvalue weighted by molar-refractivity contribution is 0.201. The van der Waals surface area contributed by atoms with Crippen molar-refractivity contribution in [3.05, 3.63) is 102 Å². The first-order valence-corrected chi connectivity index (χ1v) is 14.1. The Hall–Kier alpha value is -4.41. The number of hydrogen-bond acceptors (Lipinski definition) is 9. The van der Waals surface area contributed by atoms with Gasteiger partial charge in [-0.15, -0.1) is 5.10 Å². The van der Waals surface area contributed by atoms with Gasteiger partial charge < -0.3 is 9.64 Å². The minimum absolute atomic E-state index is 0.102. The molecule has 6 aromatic rings. The number of thiazole rings is 1. The first-order valence-electron chi connectivity index (χ1n) is 13.3. The minimum Gasteiger partial charge on any atom is -0.497 e. The molecule has 9 nitrogen and oxygen atoms in total. The second-order valence-electron chi connectivity index (χ2n) is 9.89. The van der Waals surface area contributed by atoms with Crippen molar-refractivity contribution in [3.8, 4) is 5.75 Å². The summed E-state index contributed by atoms with van der Waals surface area (Å²) in [6.07, 6.45) is 1.83. The van der Waals surface area contributed by atoms with Gasteiger partial charge in [-0.2, -0.15) is 0 Å². The number of para-hydroxylation sites is 1. The molecule has 1 saturated heterocycles. The summed E-state index contributed by atoms with van der Waals surface area (Å²) < 4.78 is 8.47. The summed E-state index contributed by atoms with van der Waals surface area (Å²) >= 11 is 1.76. The van der Waals surface area contributed by atoms with Crippen molar-refractivity contribution in [2.24, 2.45) is 0 Å². The van der Waals surface area contributed by atoms with Gasteiger partial charge in [0.2, 0.25) is 0 Å². The van der Waals surface area contributed by atoms with Crippen molar-refractivity contribution in [2.45, 2.75) is 12.6 Å². The van der Waals surface area contributed by atoms with E-state index < -0.39 is 0 Å². The van der Waals surface area contributed by atoms with Gasteiger partial charge >= 0.3 is 0 Å². The molecule has 0 saturated carbocycles. The molecule has 0 aliphatic carbocycles. The predicted molar refractivity (Wildman–Crippen MR) is 157 cm³/mol. The molecule has 7 rings (SSSR count). The van der Waals surface area contributed by atoms with Crippen LogP contribution in [-0.2, 0) is 6.54 Å². The van der Waals surface area contributed by atoms with Crippen LogP contribution in [0.15, 0.2) is 85.1 Å². The van der Waals surface area contributed by atoms with Gasteiger partial charge in [-0.1, -0.05) is 47.7 Å². The minimum atomic E-state index is -0.102. The van der Waals surface area contributed by atoms with Crippen molar-refractivity contribution in [2.75, 3.05) is 38.2 Å². The average Bonchev–Trinajstić information content (AvgIpc) is 3.65. The maximum Gasteiger partial charge on any atom is 0.186 e. The SMILES string of the molecule is COc1ccc(Cn2nnnc2[C@@H](c2ccc3ncccc3c2)N2CCN(c3nc4ccccc4s3)CC2)cc1. The number of ether oxygens (including phenoxy) is 1. The highest BCUT2D eigenvalue weighted by molar-refractivity contribution is 7.22. The molecule has 0 spiro atoms. The summed E-state index contributed by atoms with van der Waals surface area (Å²) in [4.78, 5) is 14.3. The van der Waals surface area contributed by atoms with Crippen molar-refractivity contribution >= 4 is 37.6 Å². The number of fused-ring (bicyclic) bond motifs is 2. The van der Waals surface area contributed by atoms with Crippen LogP contribution in [0.4, 0.5) is 5.13 Å². The maximum absolute atomic E-state index is 5.33. The summed E-state index contributed by atoms with van der Waals surface area (Å²) in [5, 5.41) is 15.3. The molecule has 0 bridgehead atoms. The van der Waals surface area contributed by atoms with Crippen LogP contribution in [0, 0.1) is 0 Å². The number of hydrogen-bond donors (Lipinski definition) is 0. The highest BCUT2D eigenvalue weighted by Crippen LogP contribution is 2.33. The van der Waals surface area contributed by atoms with E-state index in [9.17, 15) is 0 Å². The third kappa shape index (κ3) is 4.76. The molecule has 0 unspecified atom stereocenters. The van der Waals surface area contributed by atoms with E-state index in [1.807, 2.05) is 35.1 Å². The number of aromatic nitrogens is 6. The van der Waals surface area contributed by atoms with E-state index in [0.717, 1.165) is 70.4 Å². The van der Waals surface area contributed by atoms with Crippen molar-refractivity contribution < 1.29 is 4.74 Å². The molecule has 1 fully saturated rings. The predicted octanol–water partition coefficient (Wildman–Crippen LogP) is 4.80.